The van der Waals surface area contributed by atoms with E-state index in [1.807, 2.05) is 54.0 Å². The molecule has 0 bridgehead atoms. The highest BCUT2D eigenvalue weighted by Crippen LogP contribution is 2.29. The Kier molecular flexibility index (Phi) is 6.16. The van der Waals surface area contributed by atoms with Crippen LogP contribution in [0.5, 0.6) is 0 Å². The van der Waals surface area contributed by atoms with Crippen molar-refractivity contribution >= 4 is 62.9 Å². The molecule has 8 heteroatoms. The van der Waals surface area contributed by atoms with Gasteiger partial charge in [-0.15, -0.1) is 11.3 Å². The Morgan fingerprint density at radius 2 is 1.79 bits per heavy atom. The van der Waals surface area contributed by atoms with Gasteiger partial charge in [-0.05, 0) is 48.0 Å². The quantitative estimate of drug-likeness (QED) is 0.277. The molecule has 0 N–H and O–H groups in total. The van der Waals surface area contributed by atoms with Crippen LogP contribution in [0.2, 0.25) is 15.1 Å². The summed E-state index contributed by atoms with van der Waals surface area (Å²) in [6.45, 7) is 1.22. The highest BCUT2D eigenvalue weighted by atomic mass is 35.5. The van der Waals surface area contributed by atoms with E-state index in [0.29, 0.717) is 28.2 Å². The van der Waals surface area contributed by atoms with Crippen LogP contribution in [0.3, 0.4) is 0 Å². The molecule has 3 nitrogen and oxygen atoms in total. The Morgan fingerprint density at radius 1 is 1.00 bits per heavy atom. The molecule has 0 aliphatic carbocycles. The van der Waals surface area contributed by atoms with Crippen LogP contribution in [0.25, 0.3) is 16.2 Å². The smallest absolute Gasteiger partial charge is 0.194 e. The molecular weight excluding hydrogens is 456 g/mol. The number of aromatic nitrogens is 2. The Balaban J connectivity index is 1.54. The molecule has 0 atom stereocenters. The number of imidazole rings is 1. The van der Waals surface area contributed by atoms with Gasteiger partial charge in [0, 0.05) is 28.7 Å². The van der Waals surface area contributed by atoms with Crippen molar-refractivity contribution in [1.29, 1.82) is 0 Å². The predicted octanol–water partition coefficient (Wildman–Crippen LogP) is 7.22. The van der Waals surface area contributed by atoms with E-state index in [2.05, 4.69) is 4.40 Å². The highest BCUT2D eigenvalue weighted by Gasteiger charge is 2.17. The summed E-state index contributed by atoms with van der Waals surface area (Å²) in [5, 5.41) is 3.83. The Labute approximate surface area is 187 Å². The van der Waals surface area contributed by atoms with Crippen molar-refractivity contribution in [2.24, 2.45) is 0 Å². The fourth-order valence-electron chi connectivity index (χ4n) is 3.01. The number of benzene rings is 2. The molecule has 0 saturated heterocycles. The molecule has 2 heterocycles. The fourth-order valence-corrected chi connectivity index (χ4v) is 4.39. The van der Waals surface area contributed by atoms with Gasteiger partial charge in [0.2, 0.25) is 0 Å². The second kappa shape index (κ2) is 8.62. The zero-order valence-electron chi connectivity index (χ0n) is 14.6. The minimum Gasteiger partial charge on any atom is -0.293 e. The third-order valence-electron chi connectivity index (χ3n) is 4.43. The van der Waals surface area contributed by atoms with Crippen LogP contribution < -0.4 is 0 Å². The van der Waals surface area contributed by atoms with Crippen LogP contribution in [-0.2, 0) is 13.0 Å². The molecule has 0 fully saturated rings. The summed E-state index contributed by atoms with van der Waals surface area (Å²) in [5.74, 6) is 0. The van der Waals surface area contributed by atoms with Gasteiger partial charge >= 0.3 is 0 Å². The van der Waals surface area contributed by atoms with Crippen LogP contribution in [0, 0.1) is 0 Å². The van der Waals surface area contributed by atoms with Crippen molar-refractivity contribution in [3.8, 4) is 11.3 Å². The second-order valence-corrected chi connectivity index (χ2v) is 8.91. The van der Waals surface area contributed by atoms with Gasteiger partial charge in [-0.25, -0.2) is 9.40 Å². The highest BCUT2D eigenvalue weighted by molar-refractivity contribution is 7.15. The lowest BCUT2D eigenvalue weighted by atomic mass is 10.1. The standard InChI is InChI=1S/C20H15Cl4N3S/c21-15-4-2-14(3-5-15)19-18(27-9-10-28-20(27)25-19)12-26(24)8-7-13-1-6-16(22)17(23)11-13/h1-6,9-11H,7-8,12H2. The molecule has 0 unspecified atom stereocenters. The summed E-state index contributed by atoms with van der Waals surface area (Å²) in [7, 11) is 0. The first kappa shape index (κ1) is 20.0. The first-order valence-corrected chi connectivity index (χ1v) is 10.9. The van der Waals surface area contributed by atoms with Crippen molar-refractivity contribution in [1.82, 2.24) is 13.8 Å². The molecule has 0 aliphatic rings. The lowest BCUT2D eigenvalue weighted by molar-refractivity contribution is 0.447. The SMILES string of the molecule is Clc1ccc(-c2nc3sccn3c2CN(Cl)CCc2ccc(Cl)c(Cl)c2)cc1. The number of thiazole rings is 1. The van der Waals surface area contributed by atoms with Crippen molar-refractivity contribution in [2.45, 2.75) is 13.0 Å². The molecule has 2 aromatic heterocycles. The number of nitrogens with zero attached hydrogens (tertiary/aromatic N) is 3. The summed E-state index contributed by atoms with van der Waals surface area (Å²) in [4.78, 5) is 5.73. The lowest BCUT2D eigenvalue weighted by Crippen LogP contribution is -2.16. The summed E-state index contributed by atoms with van der Waals surface area (Å²) < 4.78 is 3.85. The molecule has 0 saturated carbocycles. The molecule has 28 heavy (non-hydrogen) atoms. The van der Waals surface area contributed by atoms with Crippen molar-refractivity contribution in [3.05, 3.63) is 80.4 Å². The maximum atomic E-state index is 6.56. The van der Waals surface area contributed by atoms with E-state index in [4.69, 9.17) is 51.6 Å². The van der Waals surface area contributed by atoms with E-state index in [-0.39, 0.29) is 0 Å². The molecule has 144 valence electrons. The lowest BCUT2D eigenvalue weighted by Gasteiger charge is -2.15. The average Bonchev–Trinajstić information content (AvgIpc) is 3.26. The number of rotatable bonds is 6. The Hall–Kier alpha value is -1.27. The fraction of sp³-hybridized carbons (Fsp3) is 0.150. The third kappa shape index (κ3) is 4.33. The van der Waals surface area contributed by atoms with E-state index < -0.39 is 0 Å². The first-order valence-electron chi connectivity index (χ1n) is 8.56. The minimum atomic E-state index is 0.554. The first-order chi connectivity index (χ1) is 13.5. The normalized spacial score (nSPS) is 11.6. The number of hydrogen-bond acceptors (Lipinski definition) is 3. The van der Waals surface area contributed by atoms with Gasteiger partial charge in [-0.2, -0.15) is 0 Å². The molecule has 0 radical (unpaired) electrons. The van der Waals surface area contributed by atoms with Crippen LogP contribution in [0.15, 0.2) is 54.0 Å². The molecule has 4 aromatic rings. The van der Waals surface area contributed by atoms with E-state index in [0.717, 1.165) is 33.9 Å². The average molecular weight is 471 g/mol. The van der Waals surface area contributed by atoms with E-state index >= 15 is 0 Å². The third-order valence-corrected chi connectivity index (χ3v) is 6.46. The molecule has 0 spiro atoms. The summed E-state index contributed by atoms with van der Waals surface area (Å²) in [6.07, 6.45) is 2.79. The zero-order chi connectivity index (χ0) is 19.7. The number of fused-ring (bicyclic) bond motifs is 1. The van der Waals surface area contributed by atoms with E-state index in [1.165, 1.54) is 0 Å². The second-order valence-electron chi connectivity index (χ2n) is 6.31. The summed E-state index contributed by atoms with van der Waals surface area (Å²) in [6, 6.07) is 13.4. The number of halogens is 4. The van der Waals surface area contributed by atoms with Crippen molar-refractivity contribution in [3.63, 3.8) is 0 Å². The van der Waals surface area contributed by atoms with Gasteiger partial charge in [-0.1, -0.05) is 53.0 Å². The molecule has 4 rings (SSSR count). The van der Waals surface area contributed by atoms with E-state index in [9.17, 15) is 0 Å². The zero-order valence-corrected chi connectivity index (χ0v) is 18.4. The van der Waals surface area contributed by atoms with Gasteiger partial charge in [0.1, 0.15) is 0 Å². The van der Waals surface area contributed by atoms with Gasteiger partial charge in [0.25, 0.3) is 0 Å². The summed E-state index contributed by atoms with van der Waals surface area (Å²) in [5.41, 5.74) is 4.07. The van der Waals surface area contributed by atoms with Gasteiger partial charge in [0.05, 0.1) is 28.0 Å². The monoisotopic (exact) mass is 469 g/mol. The number of hydrogen-bond donors (Lipinski definition) is 0. The maximum Gasteiger partial charge on any atom is 0.194 e. The predicted molar refractivity (Wildman–Crippen MR) is 120 cm³/mol. The van der Waals surface area contributed by atoms with Crippen LogP contribution >= 0.6 is 57.9 Å². The van der Waals surface area contributed by atoms with Gasteiger partial charge < -0.3 is 0 Å². The van der Waals surface area contributed by atoms with Crippen LogP contribution in [0.1, 0.15) is 11.3 Å². The largest absolute Gasteiger partial charge is 0.293 e. The molecule has 0 amide bonds. The molecule has 0 aliphatic heterocycles. The van der Waals surface area contributed by atoms with Crippen molar-refractivity contribution < 1.29 is 0 Å². The van der Waals surface area contributed by atoms with Crippen molar-refractivity contribution in [2.75, 3.05) is 6.54 Å². The molecular formula is C20H15Cl4N3S. The van der Waals surface area contributed by atoms with Crippen LogP contribution in [0.4, 0.5) is 0 Å². The van der Waals surface area contributed by atoms with Gasteiger partial charge in [-0.3, -0.25) is 4.40 Å². The molecule has 2 aromatic carbocycles. The van der Waals surface area contributed by atoms with E-state index in [1.54, 1.807) is 15.8 Å². The Morgan fingerprint density at radius 3 is 2.54 bits per heavy atom. The van der Waals surface area contributed by atoms with Gasteiger partial charge in [0.15, 0.2) is 4.96 Å². The topological polar surface area (TPSA) is 20.5 Å². The minimum absolute atomic E-state index is 0.554. The maximum absolute atomic E-state index is 6.56. The Bertz CT molecular complexity index is 1100. The van der Waals surface area contributed by atoms with Crippen LogP contribution in [-0.4, -0.2) is 20.3 Å². The summed E-state index contributed by atoms with van der Waals surface area (Å²) >= 11 is 26.3.